The first-order chi connectivity index (χ1) is 10.5. The fraction of sp³-hybridized carbons (Fsp3) is 0.250. The van der Waals surface area contributed by atoms with Gasteiger partial charge in [0.05, 0.1) is 11.0 Å². The Morgan fingerprint density at radius 1 is 0.955 bits per heavy atom. The molecule has 0 aliphatic carbocycles. The van der Waals surface area contributed by atoms with E-state index in [4.69, 9.17) is 4.98 Å². The molecule has 0 N–H and O–H groups in total. The van der Waals surface area contributed by atoms with Crippen molar-refractivity contribution in [3.05, 3.63) is 59.8 Å². The molecule has 2 aromatic heterocycles. The number of imidazole rings is 1. The van der Waals surface area contributed by atoms with E-state index in [9.17, 15) is 0 Å². The summed E-state index contributed by atoms with van der Waals surface area (Å²) in [7, 11) is 0. The smallest absolute Gasteiger partial charge is 0.146 e. The van der Waals surface area contributed by atoms with Crippen molar-refractivity contribution in [1.82, 2.24) is 9.38 Å². The number of benzene rings is 2. The van der Waals surface area contributed by atoms with Gasteiger partial charge in [0.2, 0.25) is 0 Å². The van der Waals surface area contributed by atoms with E-state index in [0.717, 1.165) is 11.2 Å². The summed E-state index contributed by atoms with van der Waals surface area (Å²) in [5.74, 6) is 0. The zero-order chi connectivity index (χ0) is 15.5. The summed E-state index contributed by atoms with van der Waals surface area (Å²) in [5, 5.41) is 2.53. The van der Waals surface area contributed by atoms with Crippen molar-refractivity contribution in [3.63, 3.8) is 0 Å². The highest BCUT2D eigenvalue weighted by atomic mass is 15.0. The molecule has 22 heavy (non-hydrogen) atoms. The van der Waals surface area contributed by atoms with Gasteiger partial charge in [-0.1, -0.05) is 51.1 Å². The van der Waals surface area contributed by atoms with Crippen LogP contribution in [0.5, 0.6) is 0 Å². The summed E-state index contributed by atoms with van der Waals surface area (Å²) in [6.07, 6.45) is 0. The van der Waals surface area contributed by atoms with Gasteiger partial charge in [0.1, 0.15) is 5.65 Å². The summed E-state index contributed by atoms with van der Waals surface area (Å²) >= 11 is 0. The highest BCUT2D eigenvalue weighted by Gasteiger charge is 2.21. The van der Waals surface area contributed by atoms with Crippen LogP contribution in [-0.2, 0) is 5.41 Å². The Morgan fingerprint density at radius 2 is 1.73 bits per heavy atom. The Labute approximate surface area is 130 Å². The molecule has 2 heterocycles. The molecular formula is C20H20N2. The number of aryl methyl sites for hydroxylation is 1. The van der Waals surface area contributed by atoms with Gasteiger partial charge < -0.3 is 0 Å². The van der Waals surface area contributed by atoms with Crippen LogP contribution in [-0.4, -0.2) is 9.38 Å². The second-order valence-electron chi connectivity index (χ2n) is 7.08. The number of aromatic nitrogens is 2. The van der Waals surface area contributed by atoms with Gasteiger partial charge in [0.15, 0.2) is 0 Å². The van der Waals surface area contributed by atoms with E-state index in [1.54, 1.807) is 0 Å². The van der Waals surface area contributed by atoms with Crippen LogP contribution >= 0.6 is 0 Å². The lowest BCUT2D eigenvalue weighted by Gasteiger charge is -2.22. The third kappa shape index (κ3) is 1.77. The predicted molar refractivity (Wildman–Crippen MR) is 93.6 cm³/mol. The molecule has 110 valence electrons. The lowest BCUT2D eigenvalue weighted by molar-refractivity contribution is 0.564. The number of fused-ring (bicyclic) bond motifs is 5. The zero-order valence-corrected chi connectivity index (χ0v) is 13.5. The summed E-state index contributed by atoms with van der Waals surface area (Å²) in [5.41, 5.74) is 5.95. The standard InChI is InChI=1S/C20H20N2/c1-13-8-7-9-14-12-17(20(2,3)4)22-16-11-6-5-10-15(16)21-19(22)18(13)14/h5-12H,1-4H3. The predicted octanol–water partition coefficient (Wildman–Crippen LogP) is 5.25. The lowest BCUT2D eigenvalue weighted by atomic mass is 9.89. The number of hydrogen-bond donors (Lipinski definition) is 0. The summed E-state index contributed by atoms with van der Waals surface area (Å²) in [6.45, 7) is 8.95. The molecule has 2 nitrogen and oxygen atoms in total. The minimum atomic E-state index is 0.0552. The summed E-state index contributed by atoms with van der Waals surface area (Å²) in [6, 6.07) is 17.2. The molecule has 0 spiro atoms. The molecule has 0 unspecified atom stereocenters. The van der Waals surface area contributed by atoms with Crippen molar-refractivity contribution >= 4 is 27.5 Å². The molecule has 0 radical (unpaired) electrons. The van der Waals surface area contributed by atoms with E-state index in [0.29, 0.717) is 0 Å². The van der Waals surface area contributed by atoms with Gasteiger partial charge in [-0.2, -0.15) is 0 Å². The van der Waals surface area contributed by atoms with E-state index in [1.165, 1.54) is 27.5 Å². The van der Waals surface area contributed by atoms with Gasteiger partial charge >= 0.3 is 0 Å². The average molecular weight is 288 g/mol. The van der Waals surface area contributed by atoms with Gasteiger partial charge in [-0.15, -0.1) is 0 Å². The van der Waals surface area contributed by atoms with E-state index in [2.05, 4.69) is 80.6 Å². The van der Waals surface area contributed by atoms with Crippen LogP contribution in [0.25, 0.3) is 27.5 Å². The highest BCUT2D eigenvalue weighted by molar-refractivity contribution is 6.00. The van der Waals surface area contributed by atoms with E-state index in [1.807, 2.05) is 0 Å². The van der Waals surface area contributed by atoms with E-state index in [-0.39, 0.29) is 5.41 Å². The first kappa shape index (κ1) is 13.3. The fourth-order valence-electron chi connectivity index (χ4n) is 3.32. The second-order valence-corrected chi connectivity index (χ2v) is 7.08. The molecular weight excluding hydrogens is 268 g/mol. The monoisotopic (exact) mass is 288 g/mol. The van der Waals surface area contributed by atoms with Crippen molar-refractivity contribution in [2.75, 3.05) is 0 Å². The SMILES string of the molecule is Cc1cccc2cc(C(C)(C)C)n3c4ccccc4nc3c12. The van der Waals surface area contributed by atoms with Crippen molar-refractivity contribution in [2.45, 2.75) is 33.1 Å². The Hall–Kier alpha value is -2.35. The number of nitrogens with zero attached hydrogens (tertiary/aromatic N) is 2. The summed E-state index contributed by atoms with van der Waals surface area (Å²) in [4.78, 5) is 4.94. The van der Waals surface area contributed by atoms with Crippen LogP contribution in [0.3, 0.4) is 0 Å². The normalized spacial score (nSPS) is 12.5. The van der Waals surface area contributed by atoms with E-state index >= 15 is 0 Å². The minimum absolute atomic E-state index is 0.0552. The Bertz CT molecular complexity index is 1020. The Kier molecular flexibility index (Phi) is 2.62. The Balaban J connectivity index is 2.36. The second kappa shape index (κ2) is 4.33. The largest absolute Gasteiger partial charge is 0.296 e. The minimum Gasteiger partial charge on any atom is -0.296 e. The van der Waals surface area contributed by atoms with Crippen molar-refractivity contribution in [2.24, 2.45) is 0 Å². The quantitative estimate of drug-likeness (QED) is 0.432. The van der Waals surface area contributed by atoms with Crippen LogP contribution in [0.1, 0.15) is 32.0 Å². The van der Waals surface area contributed by atoms with Gasteiger partial charge in [-0.25, -0.2) is 4.98 Å². The molecule has 0 atom stereocenters. The zero-order valence-electron chi connectivity index (χ0n) is 13.5. The third-order valence-electron chi connectivity index (χ3n) is 4.39. The fourth-order valence-corrected chi connectivity index (χ4v) is 3.32. The maximum atomic E-state index is 4.94. The first-order valence-corrected chi connectivity index (χ1v) is 7.77. The molecule has 0 saturated carbocycles. The highest BCUT2D eigenvalue weighted by Crippen LogP contribution is 2.33. The van der Waals surface area contributed by atoms with Crippen LogP contribution in [0.4, 0.5) is 0 Å². The van der Waals surface area contributed by atoms with Gasteiger partial charge in [0.25, 0.3) is 0 Å². The van der Waals surface area contributed by atoms with Crippen molar-refractivity contribution in [3.8, 4) is 0 Å². The molecule has 0 aliphatic rings. The number of pyridine rings is 1. The van der Waals surface area contributed by atoms with Gasteiger partial charge in [-0.3, -0.25) is 4.40 Å². The topological polar surface area (TPSA) is 17.3 Å². The van der Waals surface area contributed by atoms with E-state index < -0.39 is 0 Å². The molecule has 0 bridgehead atoms. The van der Waals surface area contributed by atoms with Crippen LogP contribution in [0, 0.1) is 6.92 Å². The molecule has 4 rings (SSSR count). The Morgan fingerprint density at radius 3 is 2.50 bits per heavy atom. The number of hydrogen-bond acceptors (Lipinski definition) is 1. The maximum Gasteiger partial charge on any atom is 0.146 e. The third-order valence-corrected chi connectivity index (χ3v) is 4.39. The first-order valence-electron chi connectivity index (χ1n) is 7.77. The van der Waals surface area contributed by atoms with Crippen LogP contribution in [0.15, 0.2) is 48.5 Å². The van der Waals surface area contributed by atoms with Gasteiger partial charge in [-0.05, 0) is 36.1 Å². The van der Waals surface area contributed by atoms with Crippen molar-refractivity contribution in [1.29, 1.82) is 0 Å². The van der Waals surface area contributed by atoms with Gasteiger partial charge in [0, 0.05) is 16.5 Å². The molecule has 2 heteroatoms. The van der Waals surface area contributed by atoms with Crippen molar-refractivity contribution < 1.29 is 0 Å². The lowest BCUT2D eigenvalue weighted by Crippen LogP contribution is -2.16. The molecule has 0 aliphatic heterocycles. The van der Waals surface area contributed by atoms with Crippen LogP contribution < -0.4 is 0 Å². The molecule has 0 saturated heterocycles. The molecule has 0 amide bonds. The van der Waals surface area contributed by atoms with Crippen LogP contribution in [0.2, 0.25) is 0 Å². The molecule has 0 fully saturated rings. The average Bonchev–Trinajstić information content (AvgIpc) is 2.84. The number of rotatable bonds is 0. The maximum absolute atomic E-state index is 4.94. The molecule has 4 aromatic rings. The molecule has 2 aromatic carbocycles. The number of para-hydroxylation sites is 2. The summed E-state index contributed by atoms with van der Waals surface area (Å²) < 4.78 is 2.34.